The van der Waals surface area contributed by atoms with Crippen LogP contribution in [0.1, 0.15) is 144 Å². The van der Waals surface area contributed by atoms with Crippen LogP contribution in [0.2, 0.25) is 15.9 Å². The number of H-pyrrole nitrogens is 1. The van der Waals surface area contributed by atoms with E-state index in [-0.39, 0.29) is 70.7 Å². The van der Waals surface area contributed by atoms with Crippen molar-refractivity contribution in [2.75, 3.05) is 54.1 Å². The van der Waals surface area contributed by atoms with Gasteiger partial charge >= 0.3 is 71.4 Å². The van der Waals surface area contributed by atoms with Crippen molar-refractivity contribution in [3.05, 3.63) is 106 Å². The molecule has 10 aromatic rings. The molecular weight excluding hydrogens is 1430 g/mol. The maximum Gasteiger partial charge on any atom is 1.00 e. The largest absolute Gasteiger partial charge is 1.00 e. The molecule has 10 aromatic heterocycles. The predicted octanol–water partition coefficient (Wildman–Crippen LogP) is 9.70. The topological polar surface area (TPSA) is 314 Å². The number of nitrogens with one attached hydrogen (secondary N) is 1. The van der Waals surface area contributed by atoms with Gasteiger partial charge in [0.25, 0.3) is 0 Å². The molecule has 0 amide bonds. The Bertz CT molecular complexity index is 4600. The van der Waals surface area contributed by atoms with Crippen LogP contribution in [0.5, 0.6) is 12.0 Å². The van der Waals surface area contributed by atoms with Gasteiger partial charge in [0.1, 0.15) is 56.7 Å². The van der Waals surface area contributed by atoms with Crippen LogP contribution in [0.4, 0.5) is 0 Å². The van der Waals surface area contributed by atoms with E-state index in [4.69, 9.17) is 63.2 Å². The summed E-state index contributed by atoms with van der Waals surface area (Å²) < 4.78 is 42.9. The summed E-state index contributed by atoms with van der Waals surface area (Å²) in [5, 5.41) is 5.78. The van der Waals surface area contributed by atoms with E-state index in [1.807, 2.05) is 30.4 Å². The molecule has 0 aliphatic heterocycles. The first-order valence-corrected chi connectivity index (χ1v) is 35.3. The van der Waals surface area contributed by atoms with Gasteiger partial charge in [-0.15, -0.1) is 0 Å². The second-order valence-electron chi connectivity index (χ2n) is 25.7. The van der Waals surface area contributed by atoms with E-state index in [2.05, 4.69) is 75.5 Å². The Balaban J connectivity index is 0.000000134. The standard InChI is InChI=1S/C16H19N3O3.C15H16ClN3O2.C13H15N3O3.C12H12ClN3O2.C8H6ClN3O2.C4H7Br.Na.H/c1-21-16-17-7-12-6-13(15(20)22-9-11-4-5-11)19(14(12)18-16)8-10-2-3-10;16-15-17-6-11-5-12(14(20)21-8-10-3-4-10)19(13(11)18-15)7-9-1-2-9;1-18-12(17)10-5-9-6-14-13(19-2)15-11(9)16(10)7-8-3-4-8;1-18-11(17)9-4-8-5-14-12(13)15-10(8)16(9)6-7-2-3-7;1-14-7(13)5-2-4-3-10-8(9)12-6(4)11-5;5-3-4-1-2-4;;/h6-7,10-11H,2-5,8-9H2,1H3;5-6,9-10H,1-4,7-8H2;5-6,8H,3-4,7H2,1-2H3;4-5,7H,2-3,6H2,1H3;2-3H,1H3,(H,10,11,12);4H,1-3H2;;/q;;;;;;+1;-1. The number of fused-ring (bicyclic) bond motifs is 5. The quantitative estimate of drug-likeness (QED) is 0.0244. The molecule has 1 N–H and O–H groups in total. The molecule has 0 spiro atoms. The Morgan fingerprint density at radius 3 is 1.04 bits per heavy atom. The van der Waals surface area contributed by atoms with Crippen molar-refractivity contribution in [3.8, 4) is 12.0 Å². The van der Waals surface area contributed by atoms with Crippen LogP contribution >= 0.6 is 50.7 Å². The Hall–Kier alpha value is -7.60. The molecule has 100 heavy (non-hydrogen) atoms. The minimum Gasteiger partial charge on any atom is -1.00 e. The van der Waals surface area contributed by atoms with Crippen molar-refractivity contribution in [2.45, 2.75) is 116 Å². The molecule has 0 saturated heterocycles. The number of ether oxygens (including phenoxy) is 7. The number of methoxy groups -OCH3 is 5. The van der Waals surface area contributed by atoms with Crippen LogP contribution in [0.15, 0.2) is 61.3 Å². The van der Waals surface area contributed by atoms with Crippen LogP contribution in [-0.2, 0) is 49.9 Å². The van der Waals surface area contributed by atoms with E-state index in [1.165, 1.54) is 130 Å². The van der Waals surface area contributed by atoms with Gasteiger partial charge < -0.3 is 57.8 Å². The van der Waals surface area contributed by atoms with Gasteiger partial charge in [0.15, 0.2) is 0 Å². The smallest absolute Gasteiger partial charge is 1.00 e. The third kappa shape index (κ3) is 19.5. The number of esters is 5. The maximum absolute atomic E-state index is 12.4. The maximum atomic E-state index is 12.4. The van der Waals surface area contributed by atoms with Gasteiger partial charge in [-0.3, -0.25) is 0 Å². The summed E-state index contributed by atoms with van der Waals surface area (Å²) in [7, 11) is 7.14. The summed E-state index contributed by atoms with van der Waals surface area (Å²) in [5.41, 5.74) is 5.91. The summed E-state index contributed by atoms with van der Waals surface area (Å²) in [5.74, 6) is 3.00. The van der Waals surface area contributed by atoms with Crippen molar-refractivity contribution in [1.29, 1.82) is 0 Å². The summed E-state index contributed by atoms with van der Waals surface area (Å²) in [4.78, 5) is 103. The molecule has 524 valence electrons. The number of rotatable bonds is 20. The fraction of sp³-hybridized carbons (Fsp3) is 0.485. The summed E-state index contributed by atoms with van der Waals surface area (Å²) in [6.07, 6.45) is 25.4. The molecule has 27 nitrogen and oxygen atoms in total. The number of halogens is 4. The van der Waals surface area contributed by atoms with Crippen molar-refractivity contribution >= 4 is 136 Å². The zero-order chi connectivity index (χ0) is 69.4. The first-order valence-electron chi connectivity index (χ1n) is 33.0. The number of nitrogens with zero attached hydrogens (tertiary/aromatic N) is 14. The average molecular weight is 1500 g/mol. The van der Waals surface area contributed by atoms with Crippen LogP contribution in [-0.4, -0.2) is 157 Å². The van der Waals surface area contributed by atoms with Gasteiger partial charge in [-0.05, 0) is 196 Å². The molecular formula is C68H76BrCl3N15NaO12. The molecule has 32 heteroatoms. The van der Waals surface area contributed by atoms with Crippen molar-refractivity contribution in [2.24, 2.45) is 41.4 Å². The molecule has 0 bridgehead atoms. The fourth-order valence-corrected chi connectivity index (χ4v) is 11.7. The van der Waals surface area contributed by atoms with E-state index >= 15 is 0 Å². The minimum absolute atomic E-state index is 0. The van der Waals surface area contributed by atoms with Crippen molar-refractivity contribution in [3.63, 3.8) is 0 Å². The van der Waals surface area contributed by atoms with E-state index in [1.54, 1.807) is 50.1 Å². The zero-order valence-electron chi connectivity index (χ0n) is 57.3. The van der Waals surface area contributed by atoms with Crippen LogP contribution < -0.4 is 39.0 Å². The second-order valence-corrected chi connectivity index (χ2v) is 27.4. The molecule has 7 fully saturated rings. The number of hydrogen-bond acceptors (Lipinski definition) is 22. The van der Waals surface area contributed by atoms with Gasteiger partial charge in [0.2, 0.25) is 15.9 Å². The van der Waals surface area contributed by atoms with Crippen LogP contribution in [0.3, 0.4) is 0 Å². The van der Waals surface area contributed by atoms with Gasteiger partial charge in [-0.25, -0.2) is 48.9 Å². The van der Waals surface area contributed by atoms with E-state index in [9.17, 15) is 24.0 Å². The predicted molar refractivity (Wildman–Crippen MR) is 371 cm³/mol. The SMILES string of the molecule is BrCC1CC1.COC(=O)c1cc2cnc(Cl)nc2[nH]1.COC(=O)c1cc2cnc(Cl)nc2n1CC1CC1.COC(=O)c1cc2cnc(OC)nc2n1CC1CC1.COc1ncc2cc(C(=O)OCC3CC3)n(CC3CC3)c2n1.O=C(OCC1CC1)c1cc2cnc(Cl)nc2n1CC1CC1.[H-].[Na+]. The Morgan fingerprint density at radius 2 is 0.730 bits per heavy atom. The summed E-state index contributed by atoms with van der Waals surface area (Å²) in [6, 6.07) is 9.38. The molecule has 7 aliphatic rings. The Kier molecular flexibility index (Phi) is 24.6. The number of aromatic nitrogens is 15. The molecule has 17 rings (SSSR count). The number of carbonyl (C=O) groups is 5. The third-order valence-electron chi connectivity index (χ3n) is 17.5. The van der Waals surface area contributed by atoms with Crippen LogP contribution in [0.25, 0.3) is 55.2 Å². The molecule has 0 unspecified atom stereocenters. The summed E-state index contributed by atoms with van der Waals surface area (Å²) >= 11 is 20.7. The number of carbonyl (C=O) groups excluding carboxylic acids is 5. The normalized spacial score (nSPS) is 15.8. The Labute approximate surface area is 621 Å². The average Bonchev–Trinajstić information content (AvgIpc) is 1.65. The monoisotopic (exact) mass is 1500 g/mol. The molecule has 0 radical (unpaired) electrons. The molecule has 0 aromatic carbocycles. The molecule has 0 atom stereocenters. The van der Waals surface area contributed by atoms with Crippen molar-refractivity contribution < 1.29 is 88.1 Å². The van der Waals surface area contributed by atoms with E-state index < -0.39 is 5.97 Å². The van der Waals surface area contributed by atoms with Gasteiger partial charge in [-0.2, -0.15) is 24.9 Å². The van der Waals surface area contributed by atoms with E-state index in [0.717, 1.165) is 76.0 Å². The number of aromatic amines is 1. The molecule has 10 heterocycles. The van der Waals surface area contributed by atoms with Gasteiger partial charge in [-0.1, -0.05) is 15.9 Å². The first kappa shape index (κ1) is 73.6. The van der Waals surface area contributed by atoms with E-state index in [0.29, 0.717) is 101 Å². The number of alkyl halides is 1. The summed E-state index contributed by atoms with van der Waals surface area (Å²) in [6.45, 7) is 4.21. The fourth-order valence-electron chi connectivity index (χ4n) is 10.6. The second kappa shape index (κ2) is 33.5. The Morgan fingerprint density at radius 1 is 0.420 bits per heavy atom. The van der Waals surface area contributed by atoms with Crippen LogP contribution in [0, 0.1) is 41.4 Å². The van der Waals surface area contributed by atoms with Crippen molar-refractivity contribution in [1.82, 2.24) is 73.1 Å². The number of hydrogen-bond donors (Lipinski definition) is 1. The van der Waals surface area contributed by atoms with Gasteiger partial charge in [0, 0.05) is 89.4 Å². The molecule has 7 aliphatic carbocycles. The zero-order valence-corrected chi connectivity index (χ0v) is 62.2. The van der Waals surface area contributed by atoms with Gasteiger partial charge in [0.05, 0.1) is 48.8 Å². The minimum atomic E-state index is -0.445. The molecule has 7 saturated carbocycles. The first-order chi connectivity index (χ1) is 48.0. The third-order valence-corrected chi connectivity index (χ3v) is 19.0.